The maximum atomic E-state index is 12.9. The molecule has 0 heterocycles. The molecule has 1 rings (SSSR count). The van der Waals surface area contributed by atoms with Gasteiger partial charge in [-0.15, -0.1) is 0 Å². The van der Waals surface area contributed by atoms with Gasteiger partial charge in [-0.05, 0) is 18.2 Å². The fraction of sp³-hybridized carbons (Fsp3) is 0.417. The van der Waals surface area contributed by atoms with Crippen LogP contribution in [0.3, 0.4) is 0 Å². The first-order valence-electron chi connectivity index (χ1n) is 5.33. The van der Waals surface area contributed by atoms with Crippen molar-refractivity contribution in [2.45, 2.75) is 6.10 Å². The van der Waals surface area contributed by atoms with E-state index in [4.69, 9.17) is 16.3 Å². The molecule has 1 N–H and O–H groups in total. The highest BCUT2D eigenvalue weighted by atomic mass is 35.5. The van der Waals surface area contributed by atoms with Gasteiger partial charge in [-0.1, -0.05) is 11.6 Å². The molecule has 0 bridgehead atoms. The van der Waals surface area contributed by atoms with Gasteiger partial charge in [-0.25, -0.2) is 4.39 Å². The summed E-state index contributed by atoms with van der Waals surface area (Å²) in [7, 11) is 2.99. The first kappa shape index (κ1) is 14.9. The smallest absolute Gasteiger partial charge is 0.255 e. The number of halogens is 2. The van der Waals surface area contributed by atoms with E-state index in [0.717, 1.165) is 6.07 Å². The second kappa shape index (κ2) is 6.68. The van der Waals surface area contributed by atoms with Crippen LogP contribution in [0, 0.1) is 5.82 Å². The Morgan fingerprint density at radius 3 is 2.83 bits per heavy atom. The number of amides is 1. The largest absolute Gasteiger partial charge is 0.389 e. The van der Waals surface area contributed by atoms with Crippen LogP contribution in [-0.4, -0.2) is 49.3 Å². The molecule has 0 fully saturated rings. The molecule has 18 heavy (non-hydrogen) atoms. The van der Waals surface area contributed by atoms with E-state index in [0.29, 0.717) is 0 Å². The fourth-order valence-corrected chi connectivity index (χ4v) is 1.76. The van der Waals surface area contributed by atoms with Crippen LogP contribution in [0.2, 0.25) is 5.02 Å². The van der Waals surface area contributed by atoms with Crippen molar-refractivity contribution in [2.24, 2.45) is 0 Å². The van der Waals surface area contributed by atoms with Gasteiger partial charge in [-0.3, -0.25) is 4.79 Å². The van der Waals surface area contributed by atoms with Crippen LogP contribution in [0.5, 0.6) is 0 Å². The van der Waals surface area contributed by atoms with E-state index >= 15 is 0 Å². The standard InChI is InChI=1S/C12H15ClFNO3/c1-15(6-9(16)7-18-2)12(17)10-4-3-8(14)5-11(10)13/h3-5,9,16H,6-7H2,1-2H3. The summed E-state index contributed by atoms with van der Waals surface area (Å²) in [5.74, 6) is -0.881. The third-order valence-corrected chi connectivity index (χ3v) is 2.66. The van der Waals surface area contributed by atoms with Crippen molar-refractivity contribution in [3.8, 4) is 0 Å². The van der Waals surface area contributed by atoms with Crippen molar-refractivity contribution in [1.82, 2.24) is 4.90 Å². The average Bonchev–Trinajstić information content (AvgIpc) is 2.28. The number of benzene rings is 1. The molecule has 0 radical (unpaired) electrons. The third kappa shape index (κ3) is 3.94. The Labute approximate surface area is 110 Å². The van der Waals surface area contributed by atoms with Crippen LogP contribution in [0.4, 0.5) is 4.39 Å². The van der Waals surface area contributed by atoms with Crippen LogP contribution in [0.1, 0.15) is 10.4 Å². The van der Waals surface area contributed by atoms with Crippen LogP contribution in [0.25, 0.3) is 0 Å². The number of aliphatic hydroxyl groups is 1. The zero-order chi connectivity index (χ0) is 13.7. The van der Waals surface area contributed by atoms with E-state index in [9.17, 15) is 14.3 Å². The highest BCUT2D eigenvalue weighted by Gasteiger charge is 2.18. The summed E-state index contributed by atoms with van der Waals surface area (Å²) in [6.07, 6.45) is -0.775. The number of rotatable bonds is 5. The number of hydrogen-bond acceptors (Lipinski definition) is 3. The number of hydrogen-bond donors (Lipinski definition) is 1. The maximum absolute atomic E-state index is 12.9. The molecule has 0 saturated carbocycles. The topological polar surface area (TPSA) is 49.8 Å². The minimum atomic E-state index is -0.775. The van der Waals surface area contributed by atoms with Gasteiger partial charge < -0.3 is 14.7 Å². The quantitative estimate of drug-likeness (QED) is 0.887. The lowest BCUT2D eigenvalue weighted by Gasteiger charge is -2.21. The lowest BCUT2D eigenvalue weighted by atomic mass is 10.2. The fourth-order valence-electron chi connectivity index (χ4n) is 1.51. The molecule has 100 valence electrons. The van der Waals surface area contributed by atoms with Gasteiger partial charge in [0.1, 0.15) is 5.82 Å². The highest BCUT2D eigenvalue weighted by molar-refractivity contribution is 6.33. The SMILES string of the molecule is COCC(O)CN(C)C(=O)c1ccc(F)cc1Cl. The average molecular weight is 276 g/mol. The van der Waals surface area contributed by atoms with E-state index in [-0.39, 0.29) is 29.6 Å². The number of aliphatic hydroxyl groups excluding tert-OH is 1. The molecule has 6 heteroatoms. The number of nitrogens with zero attached hydrogens (tertiary/aromatic N) is 1. The van der Waals surface area contributed by atoms with E-state index in [1.165, 1.54) is 31.2 Å². The van der Waals surface area contributed by atoms with Crippen LogP contribution < -0.4 is 0 Å². The predicted octanol–water partition coefficient (Wildman–Crippen LogP) is 1.56. The molecule has 0 saturated heterocycles. The zero-order valence-corrected chi connectivity index (χ0v) is 10.9. The molecule has 4 nitrogen and oxygen atoms in total. The van der Waals surface area contributed by atoms with Gasteiger partial charge in [0.2, 0.25) is 0 Å². The first-order valence-corrected chi connectivity index (χ1v) is 5.71. The van der Waals surface area contributed by atoms with E-state index < -0.39 is 11.9 Å². The number of likely N-dealkylation sites (N-methyl/N-ethyl adjacent to an activating group) is 1. The minimum Gasteiger partial charge on any atom is -0.389 e. The van der Waals surface area contributed by atoms with Crippen LogP contribution >= 0.6 is 11.6 Å². The molecule has 0 aliphatic rings. The molecule has 1 aromatic rings. The second-order valence-electron chi connectivity index (χ2n) is 3.92. The minimum absolute atomic E-state index is 0.0491. The van der Waals surface area contributed by atoms with E-state index in [1.807, 2.05) is 0 Å². The van der Waals surface area contributed by atoms with Crippen LogP contribution in [0.15, 0.2) is 18.2 Å². The summed E-state index contributed by atoms with van der Waals surface area (Å²) < 4.78 is 17.6. The van der Waals surface area contributed by atoms with Gasteiger partial charge in [0.05, 0.1) is 23.3 Å². The van der Waals surface area contributed by atoms with Crippen LogP contribution in [-0.2, 0) is 4.74 Å². The molecular weight excluding hydrogens is 261 g/mol. The first-order chi connectivity index (χ1) is 8.45. The molecule has 0 spiro atoms. The Hall–Kier alpha value is -1.17. The van der Waals surface area contributed by atoms with E-state index in [2.05, 4.69) is 0 Å². The van der Waals surface area contributed by atoms with Gasteiger partial charge >= 0.3 is 0 Å². The van der Waals surface area contributed by atoms with Crippen molar-refractivity contribution in [3.63, 3.8) is 0 Å². The van der Waals surface area contributed by atoms with Crippen molar-refractivity contribution in [1.29, 1.82) is 0 Å². The number of methoxy groups -OCH3 is 1. The molecule has 1 amide bonds. The normalized spacial score (nSPS) is 12.3. The summed E-state index contributed by atoms with van der Waals surface area (Å²) in [4.78, 5) is 13.3. The van der Waals surface area contributed by atoms with Gasteiger partial charge in [-0.2, -0.15) is 0 Å². The summed E-state index contributed by atoms with van der Waals surface area (Å²) in [5, 5.41) is 9.57. The summed E-state index contributed by atoms with van der Waals surface area (Å²) >= 11 is 5.79. The summed E-state index contributed by atoms with van der Waals surface area (Å²) in [6.45, 7) is 0.245. The molecular formula is C12H15ClFNO3. The van der Waals surface area contributed by atoms with Crippen molar-refractivity contribution in [2.75, 3.05) is 27.3 Å². The monoisotopic (exact) mass is 275 g/mol. The molecule has 1 unspecified atom stereocenters. The Kier molecular flexibility index (Phi) is 5.53. The van der Waals surface area contributed by atoms with Crippen molar-refractivity contribution < 1.29 is 19.0 Å². The molecule has 1 atom stereocenters. The Morgan fingerprint density at radius 2 is 2.28 bits per heavy atom. The van der Waals surface area contributed by atoms with Crippen molar-refractivity contribution >= 4 is 17.5 Å². The third-order valence-electron chi connectivity index (χ3n) is 2.35. The van der Waals surface area contributed by atoms with Crippen molar-refractivity contribution in [3.05, 3.63) is 34.6 Å². The molecule has 1 aromatic carbocycles. The second-order valence-corrected chi connectivity index (χ2v) is 4.33. The van der Waals surface area contributed by atoms with Gasteiger partial charge in [0, 0.05) is 20.7 Å². The molecule has 0 aliphatic carbocycles. The van der Waals surface area contributed by atoms with Gasteiger partial charge in [0.15, 0.2) is 0 Å². The van der Waals surface area contributed by atoms with Gasteiger partial charge in [0.25, 0.3) is 5.91 Å². The van der Waals surface area contributed by atoms with E-state index in [1.54, 1.807) is 0 Å². The Balaban J connectivity index is 2.74. The maximum Gasteiger partial charge on any atom is 0.255 e. The lowest BCUT2D eigenvalue weighted by Crippen LogP contribution is -2.36. The lowest BCUT2D eigenvalue weighted by molar-refractivity contribution is 0.0380. The number of carbonyl (C=O) groups is 1. The number of carbonyl (C=O) groups excluding carboxylic acids is 1. The molecule has 0 aromatic heterocycles. The highest BCUT2D eigenvalue weighted by Crippen LogP contribution is 2.18. The Bertz CT molecular complexity index is 428. The molecule has 0 aliphatic heterocycles. The Morgan fingerprint density at radius 1 is 1.61 bits per heavy atom. The zero-order valence-electron chi connectivity index (χ0n) is 10.2. The summed E-state index contributed by atoms with van der Waals surface area (Å²) in [5.41, 5.74) is 0.199. The summed E-state index contributed by atoms with van der Waals surface area (Å²) in [6, 6.07) is 3.56. The predicted molar refractivity (Wildman–Crippen MR) is 66.3 cm³/mol. The number of ether oxygens (including phenoxy) is 1.